The second kappa shape index (κ2) is 6.58. The molecule has 0 aliphatic carbocycles. The first kappa shape index (κ1) is 10.9. The molecule has 0 amide bonds. The monoisotopic (exact) mass is 161 g/mol. The van der Waals surface area contributed by atoms with Gasteiger partial charge in [0.15, 0.2) is 0 Å². The van der Waals surface area contributed by atoms with Gasteiger partial charge in [0.1, 0.15) is 0 Å². The molecule has 0 bridgehead atoms. The summed E-state index contributed by atoms with van der Waals surface area (Å²) in [5.74, 6) is 0. The van der Waals surface area contributed by atoms with Gasteiger partial charge in [-0.15, -0.1) is 0 Å². The molecule has 0 saturated carbocycles. The number of hydrogen-bond donors (Lipinski definition) is 3. The fraction of sp³-hybridized carbons (Fsp3) is 1.00. The lowest BCUT2D eigenvalue weighted by Crippen LogP contribution is -2.43. The molecule has 1 fully saturated rings. The van der Waals surface area contributed by atoms with Crippen molar-refractivity contribution in [1.29, 1.82) is 0 Å². The summed E-state index contributed by atoms with van der Waals surface area (Å²) in [7, 11) is 0. The number of β-amino-alcohol motifs (C(OH)–C–C–N with tert-alkyl or cyclic N) is 1. The van der Waals surface area contributed by atoms with Crippen LogP contribution in [-0.4, -0.2) is 35.5 Å². The molecule has 0 spiro atoms. The molecule has 2 atom stereocenters. The van der Waals surface area contributed by atoms with Gasteiger partial charge in [-0.25, -0.2) is 0 Å². The van der Waals surface area contributed by atoms with Crippen molar-refractivity contribution in [3.8, 4) is 0 Å². The van der Waals surface area contributed by atoms with E-state index in [0.29, 0.717) is 6.54 Å². The zero-order valence-electron chi connectivity index (χ0n) is 7.38. The molecule has 0 aromatic rings. The van der Waals surface area contributed by atoms with Crippen LogP contribution in [0.3, 0.4) is 0 Å². The Bertz CT molecular complexity index is 80.2. The minimum atomic E-state index is -0.201. The molecule has 3 N–H and O–H groups in total. The van der Waals surface area contributed by atoms with Crippen molar-refractivity contribution < 1.29 is 10.2 Å². The number of rotatable bonds is 1. The second-order valence-corrected chi connectivity index (χ2v) is 2.52. The molecule has 0 radical (unpaired) electrons. The van der Waals surface area contributed by atoms with Crippen LogP contribution in [-0.2, 0) is 0 Å². The summed E-state index contributed by atoms with van der Waals surface area (Å²) in [4.78, 5) is 0. The zero-order valence-corrected chi connectivity index (χ0v) is 7.38. The fourth-order valence-corrected chi connectivity index (χ4v) is 1.06. The Morgan fingerprint density at radius 3 is 2.36 bits per heavy atom. The Balaban J connectivity index is 0.000000461. The van der Waals surface area contributed by atoms with Crippen molar-refractivity contribution >= 4 is 0 Å². The molecule has 0 unspecified atom stereocenters. The van der Waals surface area contributed by atoms with Crippen LogP contribution in [0.1, 0.15) is 26.7 Å². The maximum Gasteiger partial charge on any atom is 0.0665 e. The van der Waals surface area contributed by atoms with Crippen LogP contribution < -0.4 is 5.32 Å². The normalized spacial score (nSPS) is 30.5. The maximum absolute atomic E-state index is 8.98. The highest BCUT2D eigenvalue weighted by Gasteiger charge is 2.16. The van der Waals surface area contributed by atoms with Crippen LogP contribution in [0.5, 0.6) is 0 Å². The van der Waals surface area contributed by atoms with Crippen molar-refractivity contribution in [3.63, 3.8) is 0 Å². The third kappa shape index (κ3) is 4.35. The summed E-state index contributed by atoms with van der Waals surface area (Å²) in [6, 6.07) is 0.216. The summed E-state index contributed by atoms with van der Waals surface area (Å²) >= 11 is 0. The predicted molar refractivity (Wildman–Crippen MR) is 45.5 cm³/mol. The first-order valence-electron chi connectivity index (χ1n) is 4.35. The number of aliphatic hydroxyl groups excluding tert-OH is 2. The Hall–Kier alpha value is -0.120. The molecule has 11 heavy (non-hydrogen) atoms. The lowest BCUT2D eigenvalue weighted by Gasteiger charge is -2.25. The summed E-state index contributed by atoms with van der Waals surface area (Å²) in [6.45, 7) is 4.82. The van der Waals surface area contributed by atoms with Crippen molar-refractivity contribution in [3.05, 3.63) is 0 Å². The lowest BCUT2D eigenvalue weighted by molar-refractivity contribution is 0.108. The zero-order chi connectivity index (χ0) is 8.69. The van der Waals surface area contributed by atoms with Crippen molar-refractivity contribution in [2.45, 2.75) is 38.8 Å². The molecule has 1 heterocycles. The summed E-state index contributed by atoms with van der Waals surface area (Å²) in [6.07, 6.45) is 1.50. The first-order valence-corrected chi connectivity index (χ1v) is 4.35. The number of hydrogen-bond acceptors (Lipinski definition) is 3. The summed E-state index contributed by atoms with van der Waals surface area (Å²) in [5.41, 5.74) is 0. The third-order valence-electron chi connectivity index (χ3n) is 1.71. The van der Waals surface area contributed by atoms with E-state index < -0.39 is 0 Å². The highest BCUT2D eigenvalue weighted by molar-refractivity contribution is 4.75. The van der Waals surface area contributed by atoms with Crippen LogP contribution >= 0.6 is 0 Å². The standard InChI is InChI=1S/C6H13NO2.C2H6/c8-4-5-1-2-6(9)3-7-5;1-2/h5-9H,1-4H2;1-2H3/t5-,6-;/m1./s1. The van der Waals surface area contributed by atoms with Crippen LogP contribution in [0.4, 0.5) is 0 Å². The molecule has 0 aromatic carbocycles. The fourth-order valence-electron chi connectivity index (χ4n) is 1.06. The average molecular weight is 161 g/mol. The molecule has 3 heteroatoms. The van der Waals surface area contributed by atoms with E-state index in [1.165, 1.54) is 0 Å². The molecule has 1 aliphatic heterocycles. The molecule has 1 aliphatic rings. The molecular formula is C8H19NO2. The maximum atomic E-state index is 8.98. The highest BCUT2D eigenvalue weighted by Crippen LogP contribution is 2.06. The van der Waals surface area contributed by atoms with Crippen LogP contribution in [0.15, 0.2) is 0 Å². The second-order valence-electron chi connectivity index (χ2n) is 2.52. The van der Waals surface area contributed by atoms with Crippen molar-refractivity contribution in [2.75, 3.05) is 13.2 Å². The van der Waals surface area contributed by atoms with E-state index in [-0.39, 0.29) is 18.8 Å². The van der Waals surface area contributed by atoms with Gasteiger partial charge in [0, 0.05) is 12.6 Å². The minimum absolute atomic E-state index is 0.187. The van der Waals surface area contributed by atoms with E-state index >= 15 is 0 Å². The average Bonchev–Trinajstić information content (AvgIpc) is 2.10. The van der Waals surface area contributed by atoms with E-state index in [2.05, 4.69) is 5.32 Å². The molecule has 1 rings (SSSR count). The van der Waals surface area contributed by atoms with Gasteiger partial charge in [0.2, 0.25) is 0 Å². The van der Waals surface area contributed by atoms with Crippen molar-refractivity contribution in [2.24, 2.45) is 0 Å². The van der Waals surface area contributed by atoms with Gasteiger partial charge < -0.3 is 15.5 Å². The van der Waals surface area contributed by atoms with Gasteiger partial charge in [-0.3, -0.25) is 0 Å². The largest absolute Gasteiger partial charge is 0.395 e. The number of nitrogens with one attached hydrogen (secondary N) is 1. The Morgan fingerprint density at radius 2 is 2.00 bits per heavy atom. The first-order chi connectivity index (χ1) is 5.33. The Kier molecular flexibility index (Phi) is 6.51. The predicted octanol–water partition coefficient (Wildman–Crippen LogP) is 0.118. The SMILES string of the molecule is CC.OC[C@H]1CC[C@@H](O)CN1. The smallest absolute Gasteiger partial charge is 0.0665 e. The van der Waals surface area contributed by atoms with E-state index in [9.17, 15) is 0 Å². The molecule has 68 valence electrons. The summed E-state index contributed by atoms with van der Waals surface area (Å²) in [5, 5.41) is 20.6. The van der Waals surface area contributed by atoms with E-state index in [0.717, 1.165) is 12.8 Å². The van der Waals surface area contributed by atoms with Gasteiger partial charge in [-0.2, -0.15) is 0 Å². The topological polar surface area (TPSA) is 52.5 Å². The number of aliphatic hydroxyl groups is 2. The van der Waals surface area contributed by atoms with Gasteiger partial charge in [-0.05, 0) is 12.8 Å². The van der Waals surface area contributed by atoms with E-state index in [1.807, 2.05) is 13.8 Å². The van der Waals surface area contributed by atoms with Gasteiger partial charge in [0.05, 0.1) is 12.7 Å². The Labute approximate surface area is 68.4 Å². The molecule has 3 nitrogen and oxygen atoms in total. The van der Waals surface area contributed by atoms with Gasteiger partial charge in [-0.1, -0.05) is 13.8 Å². The number of piperidine rings is 1. The van der Waals surface area contributed by atoms with Gasteiger partial charge in [0.25, 0.3) is 0 Å². The third-order valence-corrected chi connectivity index (χ3v) is 1.71. The van der Waals surface area contributed by atoms with Crippen molar-refractivity contribution in [1.82, 2.24) is 5.32 Å². The summed E-state index contributed by atoms with van der Waals surface area (Å²) < 4.78 is 0. The van der Waals surface area contributed by atoms with Crippen LogP contribution in [0.25, 0.3) is 0 Å². The molecular weight excluding hydrogens is 142 g/mol. The molecule has 1 saturated heterocycles. The van der Waals surface area contributed by atoms with E-state index in [4.69, 9.17) is 10.2 Å². The van der Waals surface area contributed by atoms with Crippen LogP contribution in [0.2, 0.25) is 0 Å². The lowest BCUT2D eigenvalue weighted by atomic mass is 10.0. The quantitative estimate of drug-likeness (QED) is 0.512. The van der Waals surface area contributed by atoms with Gasteiger partial charge >= 0.3 is 0 Å². The van der Waals surface area contributed by atoms with Crippen LogP contribution in [0, 0.1) is 0 Å². The minimum Gasteiger partial charge on any atom is -0.395 e. The molecule has 0 aromatic heterocycles. The van der Waals surface area contributed by atoms with E-state index in [1.54, 1.807) is 0 Å². The highest BCUT2D eigenvalue weighted by atomic mass is 16.3. The Morgan fingerprint density at radius 1 is 1.36 bits per heavy atom.